The van der Waals surface area contributed by atoms with Crippen LogP contribution in [0.4, 0.5) is 0 Å². The molecule has 4 nitrogen and oxygen atoms in total. The maximum Gasteiger partial charge on any atom is 0.211 e. The van der Waals surface area contributed by atoms with E-state index in [1.807, 2.05) is 104 Å². The van der Waals surface area contributed by atoms with Crippen molar-refractivity contribution in [1.29, 1.82) is 0 Å². The molecule has 0 N–H and O–H groups in total. The van der Waals surface area contributed by atoms with Gasteiger partial charge in [-0.05, 0) is 28.8 Å². The van der Waals surface area contributed by atoms with Crippen LogP contribution in [0.25, 0.3) is 10.8 Å². The molecule has 0 aliphatic heterocycles. The smallest absolute Gasteiger partial charge is 0.211 e. The molecule has 0 unspecified atom stereocenters. The molecule has 172 valence electrons. The highest BCUT2D eigenvalue weighted by Gasteiger charge is 2.44. The molecule has 5 heteroatoms. The first-order valence-corrected chi connectivity index (χ1v) is 14.5. The molecule has 0 aliphatic carbocycles. The fourth-order valence-electron chi connectivity index (χ4n) is 4.83. The molecule has 0 spiro atoms. The lowest BCUT2D eigenvalue weighted by Crippen LogP contribution is -2.53. The zero-order chi connectivity index (χ0) is 24.3. The summed E-state index contributed by atoms with van der Waals surface area (Å²) in [4.78, 5) is 26.1. The van der Waals surface area contributed by atoms with E-state index < -0.39 is 19.9 Å². The summed E-state index contributed by atoms with van der Waals surface area (Å²) in [6.07, 6.45) is 0. The van der Waals surface area contributed by atoms with Gasteiger partial charge in [-0.3, -0.25) is 10.1 Å². The fourth-order valence-corrected chi connectivity index (χ4v) is 7.27. The third-order valence-corrected chi connectivity index (χ3v) is 10.1. The maximum absolute atomic E-state index is 14.5. The summed E-state index contributed by atoms with van der Waals surface area (Å²) in [5.74, 6) is -1.19. The number of hydrogen-bond donors (Lipinski definition) is 0. The first-order chi connectivity index (χ1) is 16.3. The first-order valence-electron chi connectivity index (χ1n) is 11.5. The minimum Gasteiger partial charge on any atom is -0.304 e. The highest BCUT2D eigenvalue weighted by atomic mass is 28.3. The number of fused-ring (bicyclic) bond motifs is 1. The van der Waals surface area contributed by atoms with Crippen molar-refractivity contribution in [2.24, 2.45) is 0 Å². The van der Waals surface area contributed by atoms with Crippen molar-refractivity contribution in [3.63, 3.8) is 0 Å². The van der Waals surface area contributed by atoms with Crippen LogP contribution in [-0.2, 0) is 4.79 Å². The molecule has 0 saturated carbocycles. The first kappa shape index (κ1) is 23.6. The molecule has 2 atom stereocenters. The molecule has 0 amide bonds. The predicted octanol–water partition coefficient (Wildman–Crippen LogP) is 6.02. The zero-order valence-electron chi connectivity index (χ0n) is 19.8. The second-order valence-electron chi connectivity index (χ2n) is 9.43. The lowest BCUT2D eigenvalue weighted by molar-refractivity contribution is -0.483. The summed E-state index contributed by atoms with van der Waals surface area (Å²) in [6, 6.07) is 31.6. The van der Waals surface area contributed by atoms with Gasteiger partial charge in [-0.2, -0.15) is 0 Å². The van der Waals surface area contributed by atoms with Gasteiger partial charge in [0.25, 0.3) is 0 Å². The van der Waals surface area contributed by atoms with E-state index in [4.69, 9.17) is 0 Å². The van der Waals surface area contributed by atoms with E-state index in [1.54, 1.807) is 0 Å². The van der Waals surface area contributed by atoms with E-state index >= 15 is 0 Å². The van der Waals surface area contributed by atoms with Crippen molar-refractivity contribution in [2.45, 2.75) is 31.9 Å². The lowest BCUT2D eigenvalue weighted by Gasteiger charge is -2.32. The van der Waals surface area contributed by atoms with Gasteiger partial charge in [-0.1, -0.05) is 121 Å². The Bertz CT molecular complexity index is 1310. The van der Waals surface area contributed by atoms with Crippen LogP contribution in [0.3, 0.4) is 0 Å². The molecule has 4 aromatic carbocycles. The summed E-state index contributed by atoms with van der Waals surface area (Å²) < 4.78 is 0. The Balaban J connectivity index is 1.95. The van der Waals surface area contributed by atoms with Crippen LogP contribution >= 0.6 is 0 Å². The molecule has 0 fully saturated rings. The molecular weight excluding hydrogens is 438 g/mol. The molecule has 0 saturated heterocycles. The SMILES string of the molecule is Cc1ccc([C@H](C[N+](=O)[O-])[C@H](C(=O)[Si](C)(C)c2ccccc2)c2cccc3ccccc23)cc1. The number of carbonyl (C=O) groups excluding carboxylic acids is 1. The Kier molecular flexibility index (Phi) is 6.75. The molecule has 34 heavy (non-hydrogen) atoms. The van der Waals surface area contributed by atoms with Crippen molar-refractivity contribution in [2.75, 3.05) is 6.54 Å². The molecular formula is C29H29NO3Si. The highest BCUT2D eigenvalue weighted by molar-refractivity contribution is 7.13. The van der Waals surface area contributed by atoms with Gasteiger partial charge in [0.15, 0.2) is 8.07 Å². The van der Waals surface area contributed by atoms with Crippen LogP contribution < -0.4 is 5.19 Å². The number of carbonyl (C=O) groups is 1. The largest absolute Gasteiger partial charge is 0.304 e. The minimum atomic E-state index is -2.64. The maximum atomic E-state index is 14.5. The quantitative estimate of drug-likeness (QED) is 0.181. The van der Waals surface area contributed by atoms with Crippen LogP contribution in [-0.4, -0.2) is 24.9 Å². The average Bonchev–Trinajstić information content (AvgIpc) is 2.84. The summed E-state index contributed by atoms with van der Waals surface area (Å²) in [5.41, 5.74) is 2.77. The lowest BCUT2D eigenvalue weighted by atomic mass is 9.80. The van der Waals surface area contributed by atoms with Gasteiger partial charge in [0.1, 0.15) is 5.41 Å². The van der Waals surface area contributed by atoms with Gasteiger partial charge in [-0.25, -0.2) is 0 Å². The Labute approximate surface area is 201 Å². The monoisotopic (exact) mass is 467 g/mol. The van der Waals surface area contributed by atoms with Crippen molar-refractivity contribution >= 4 is 29.4 Å². The second-order valence-corrected chi connectivity index (χ2v) is 13.8. The third-order valence-electron chi connectivity index (χ3n) is 6.81. The number of nitro groups is 1. The minimum absolute atomic E-state index is 0.113. The highest BCUT2D eigenvalue weighted by Crippen LogP contribution is 2.39. The molecule has 0 heterocycles. The van der Waals surface area contributed by atoms with Gasteiger partial charge >= 0.3 is 0 Å². The van der Waals surface area contributed by atoms with Crippen LogP contribution in [0.2, 0.25) is 13.1 Å². The van der Waals surface area contributed by atoms with Crippen LogP contribution in [0.1, 0.15) is 28.5 Å². The zero-order valence-corrected chi connectivity index (χ0v) is 20.8. The number of rotatable bonds is 8. The van der Waals surface area contributed by atoms with Gasteiger partial charge in [-0.15, -0.1) is 0 Å². The fraction of sp³-hybridized carbons (Fsp3) is 0.207. The van der Waals surface area contributed by atoms with Crippen molar-refractivity contribution in [3.05, 3.63) is 124 Å². The summed E-state index contributed by atoms with van der Waals surface area (Å²) in [5, 5.41) is 15.0. The van der Waals surface area contributed by atoms with Gasteiger partial charge in [0, 0.05) is 4.92 Å². The second kappa shape index (κ2) is 9.73. The molecule has 0 bridgehead atoms. The number of benzene rings is 4. The summed E-state index contributed by atoms with van der Waals surface area (Å²) in [6.45, 7) is 5.80. The number of aryl methyl sites for hydroxylation is 1. The normalized spacial score (nSPS) is 13.4. The average molecular weight is 468 g/mol. The molecule has 4 aromatic rings. The van der Waals surface area contributed by atoms with Crippen LogP contribution in [0.15, 0.2) is 97.1 Å². The van der Waals surface area contributed by atoms with Crippen molar-refractivity contribution in [3.8, 4) is 0 Å². The topological polar surface area (TPSA) is 60.2 Å². The van der Waals surface area contributed by atoms with Crippen molar-refractivity contribution < 1.29 is 9.72 Å². The standard InChI is InChI=1S/C29H29NO3Si/c1-21-16-18-23(19-17-21)27(20-30(32)33)28(26-15-9-11-22-10-7-8-14-25(22)26)29(31)34(2,3)24-12-5-4-6-13-24/h4-19,27-28H,20H2,1-3H3/t27-,28+/m0/s1. The Hall–Kier alpha value is -3.57. The van der Waals surface area contributed by atoms with Crippen LogP contribution in [0, 0.1) is 17.0 Å². The molecule has 0 aromatic heterocycles. The van der Waals surface area contributed by atoms with Crippen LogP contribution in [0.5, 0.6) is 0 Å². The van der Waals surface area contributed by atoms with E-state index in [-0.39, 0.29) is 16.9 Å². The summed E-state index contributed by atoms with van der Waals surface area (Å²) >= 11 is 0. The van der Waals surface area contributed by atoms with Gasteiger partial charge < -0.3 is 4.79 Å². The van der Waals surface area contributed by atoms with E-state index in [0.717, 1.165) is 32.6 Å². The molecule has 0 aliphatic rings. The Morgan fingerprint density at radius 2 is 1.47 bits per heavy atom. The van der Waals surface area contributed by atoms with E-state index in [1.165, 1.54) is 0 Å². The Morgan fingerprint density at radius 1 is 0.853 bits per heavy atom. The van der Waals surface area contributed by atoms with E-state index in [9.17, 15) is 14.9 Å². The third kappa shape index (κ3) is 4.70. The molecule has 0 radical (unpaired) electrons. The van der Waals surface area contributed by atoms with E-state index in [0.29, 0.717) is 0 Å². The van der Waals surface area contributed by atoms with Crippen molar-refractivity contribution in [1.82, 2.24) is 0 Å². The summed E-state index contributed by atoms with van der Waals surface area (Å²) in [7, 11) is -2.64. The van der Waals surface area contributed by atoms with Gasteiger partial charge in [0.05, 0.1) is 11.8 Å². The predicted molar refractivity (Wildman–Crippen MR) is 141 cm³/mol. The Morgan fingerprint density at radius 3 is 2.15 bits per heavy atom. The number of nitrogens with zero attached hydrogens (tertiary/aromatic N) is 1. The molecule has 4 rings (SSSR count). The van der Waals surface area contributed by atoms with Gasteiger partial charge in [0.2, 0.25) is 6.54 Å². The number of hydrogen-bond acceptors (Lipinski definition) is 3. The van der Waals surface area contributed by atoms with E-state index in [2.05, 4.69) is 13.1 Å².